The first-order valence-corrected chi connectivity index (χ1v) is 9.79. The Balaban J connectivity index is 2.07. The van der Waals surface area contributed by atoms with Crippen LogP contribution in [0.5, 0.6) is 5.75 Å². The molecular weight excluding hydrogens is 358 g/mol. The average Bonchev–Trinajstić information content (AvgIpc) is 2.65. The number of benzene rings is 2. The van der Waals surface area contributed by atoms with Crippen molar-refractivity contribution in [2.45, 2.75) is 24.9 Å². The van der Waals surface area contributed by atoms with E-state index in [1.54, 1.807) is 7.11 Å². The van der Waals surface area contributed by atoms with Crippen LogP contribution in [-0.4, -0.2) is 37.8 Å². The third-order valence-electron chi connectivity index (χ3n) is 5.39. The number of halogens is 1. The van der Waals surface area contributed by atoms with Crippen LogP contribution in [0, 0.1) is 5.92 Å². The topological polar surface area (TPSA) is 32.7 Å². The second kappa shape index (κ2) is 8.47. The molecule has 2 unspecified atom stereocenters. The SMILES string of the molecule is COc1ccc(C=C2CCCC(CN(C)C)C2(O)c2cccc(Cl)c2)cc1. The van der Waals surface area contributed by atoms with E-state index in [1.165, 1.54) is 0 Å². The van der Waals surface area contributed by atoms with E-state index in [2.05, 4.69) is 25.1 Å². The summed E-state index contributed by atoms with van der Waals surface area (Å²) in [6.07, 6.45) is 5.06. The Morgan fingerprint density at radius 2 is 1.96 bits per heavy atom. The minimum atomic E-state index is -1.02. The summed E-state index contributed by atoms with van der Waals surface area (Å²) in [5, 5.41) is 12.7. The fourth-order valence-corrected chi connectivity index (χ4v) is 4.29. The van der Waals surface area contributed by atoms with Crippen LogP contribution in [0.25, 0.3) is 6.08 Å². The maximum atomic E-state index is 12.0. The average molecular weight is 386 g/mol. The summed E-state index contributed by atoms with van der Waals surface area (Å²) in [6, 6.07) is 15.6. The van der Waals surface area contributed by atoms with Crippen molar-refractivity contribution >= 4 is 17.7 Å². The Morgan fingerprint density at radius 3 is 2.59 bits per heavy atom. The molecule has 1 N–H and O–H groups in total. The van der Waals surface area contributed by atoms with Gasteiger partial charge in [-0.2, -0.15) is 0 Å². The molecule has 4 heteroatoms. The van der Waals surface area contributed by atoms with Crippen molar-refractivity contribution in [1.82, 2.24) is 4.90 Å². The molecule has 0 bridgehead atoms. The summed E-state index contributed by atoms with van der Waals surface area (Å²) in [5.74, 6) is 0.945. The van der Waals surface area contributed by atoms with Gasteiger partial charge in [-0.25, -0.2) is 0 Å². The van der Waals surface area contributed by atoms with Gasteiger partial charge >= 0.3 is 0 Å². The summed E-state index contributed by atoms with van der Waals surface area (Å²) in [7, 11) is 5.78. The van der Waals surface area contributed by atoms with Crippen LogP contribution in [0.3, 0.4) is 0 Å². The molecule has 0 aromatic heterocycles. The summed E-state index contributed by atoms with van der Waals surface area (Å²) >= 11 is 6.27. The number of hydrogen-bond donors (Lipinski definition) is 1. The lowest BCUT2D eigenvalue weighted by molar-refractivity contribution is -0.0174. The molecule has 3 nitrogen and oxygen atoms in total. The molecule has 2 aromatic rings. The van der Waals surface area contributed by atoms with Crippen molar-refractivity contribution in [3.63, 3.8) is 0 Å². The highest BCUT2D eigenvalue weighted by Crippen LogP contribution is 2.47. The lowest BCUT2D eigenvalue weighted by Gasteiger charge is -2.44. The lowest BCUT2D eigenvalue weighted by Crippen LogP contribution is -2.44. The van der Waals surface area contributed by atoms with Gasteiger partial charge in [0, 0.05) is 17.5 Å². The smallest absolute Gasteiger partial charge is 0.118 e. The molecule has 1 aliphatic carbocycles. The second-order valence-electron chi connectivity index (χ2n) is 7.57. The zero-order valence-corrected chi connectivity index (χ0v) is 17.0. The van der Waals surface area contributed by atoms with Crippen LogP contribution in [0.1, 0.15) is 30.4 Å². The molecule has 0 aliphatic heterocycles. The first kappa shape index (κ1) is 19.9. The summed E-state index contributed by atoms with van der Waals surface area (Å²) in [6.45, 7) is 0.822. The van der Waals surface area contributed by atoms with Crippen LogP contribution in [0.4, 0.5) is 0 Å². The molecule has 27 heavy (non-hydrogen) atoms. The van der Waals surface area contributed by atoms with Crippen LogP contribution < -0.4 is 4.74 Å². The van der Waals surface area contributed by atoms with Crippen molar-refractivity contribution in [1.29, 1.82) is 0 Å². The predicted molar refractivity (Wildman–Crippen MR) is 112 cm³/mol. The predicted octanol–water partition coefficient (Wildman–Crippen LogP) is 4.98. The minimum Gasteiger partial charge on any atom is -0.497 e. The van der Waals surface area contributed by atoms with Gasteiger partial charge in [0.15, 0.2) is 0 Å². The zero-order chi connectivity index (χ0) is 19.4. The molecule has 0 heterocycles. The lowest BCUT2D eigenvalue weighted by atomic mass is 9.67. The Kier molecular flexibility index (Phi) is 6.25. The molecule has 1 saturated carbocycles. The molecular formula is C23H28ClNO2. The van der Waals surface area contributed by atoms with Gasteiger partial charge in [-0.15, -0.1) is 0 Å². The third-order valence-corrected chi connectivity index (χ3v) is 5.62. The Bertz CT molecular complexity index is 800. The van der Waals surface area contributed by atoms with E-state index in [4.69, 9.17) is 16.3 Å². The summed E-state index contributed by atoms with van der Waals surface area (Å²) < 4.78 is 5.25. The van der Waals surface area contributed by atoms with Gasteiger partial charge in [-0.05, 0) is 74.3 Å². The quantitative estimate of drug-likeness (QED) is 0.787. The molecule has 0 spiro atoms. The third kappa shape index (κ3) is 4.37. The zero-order valence-electron chi connectivity index (χ0n) is 16.3. The second-order valence-corrected chi connectivity index (χ2v) is 8.01. The first-order valence-electron chi connectivity index (χ1n) is 9.41. The normalized spacial score (nSPS) is 24.4. The first-order chi connectivity index (χ1) is 12.9. The number of hydrogen-bond acceptors (Lipinski definition) is 3. The van der Waals surface area contributed by atoms with Gasteiger partial charge in [-0.1, -0.05) is 41.9 Å². The van der Waals surface area contributed by atoms with Crippen molar-refractivity contribution < 1.29 is 9.84 Å². The molecule has 0 amide bonds. The van der Waals surface area contributed by atoms with Crippen LogP contribution in [0.2, 0.25) is 5.02 Å². The highest BCUT2D eigenvalue weighted by molar-refractivity contribution is 6.30. The summed E-state index contributed by atoms with van der Waals surface area (Å²) in [4.78, 5) is 2.15. The molecule has 1 fully saturated rings. The van der Waals surface area contributed by atoms with Crippen LogP contribution >= 0.6 is 11.6 Å². The van der Waals surface area contributed by atoms with Crippen molar-refractivity contribution in [2.75, 3.05) is 27.7 Å². The standard InChI is InChI=1S/C23H28ClNO2/c1-25(2)16-20-8-4-6-18(14-17-10-12-22(27-3)13-11-17)23(20,26)19-7-5-9-21(24)15-19/h5,7,9-15,20,26H,4,6,8,16H2,1-3H3. The van der Waals surface area contributed by atoms with E-state index in [0.717, 1.165) is 48.3 Å². The summed E-state index contributed by atoms with van der Waals surface area (Å²) in [5.41, 5.74) is 1.97. The fraction of sp³-hybridized carbons (Fsp3) is 0.391. The molecule has 2 aromatic carbocycles. The minimum absolute atomic E-state index is 0.115. The van der Waals surface area contributed by atoms with E-state index in [0.29, 0.717) is 5.02 Å². The molecule has 144 valence electrons. The fourth-order valence-electron chi connectivity index (χ4n) is 4.09. The molecule has 0 radical (unpaired) electrons. The van der Waals surface area contributed by atoms with Crippen LogP contribution in [-0.2, 0) is 5.60 Å². The highest BCUT2D eigenvalue weighted by atomic mass is 35.5. The Hall–Kier alpha value is -1.81. The van der Waals surface area contributed by atoms with E-state index < -0.39 is 5.60 Å². The largest absolute Gasteiger partial charge is 0.497 e. The van der Waals surface area contributed by atoms with E-state index in [1.807, 2.05) is 48.5 Å². The van der Waals surface area contributed by atoms with E-state index in [-0.39, 0.29) is 5.92 Å². The van der Waals surface area contributed by atoms with Gasteiger partial charge in [-0.3, -0.25) is 0 Å². The Morgan fingerprint density at radius 1 is 1.22 bits per heavy atom. The van der Waals surface area contributed by atoms with Crippen LogP contribution in [0.15, 0.2) is 54.1 Å². The number of nitrogens with zero attached hydrogens (tertiary/aromatic N) is 1. The van der Waals surface area contributed by atoms with Gasteiger partial charge in [0.25, 0.3) is 0 Å². The van der Waals surface area contributed by atoms with Crippen molar-refractivity contribution in [3.8, 4) is 5.75 Å². The number of rotatable bonds is 5. The number of aliphatic hydroxyl groups is 1. The van der Waals surface area contributed by atoms with Gasteiger partial charge in [0.1, 0.15) is 11.4 Å². The van der Waals surface area contributed by atoms with E-state index in [9.17, 15) is 5.11 Å². The number of ether oxygens (including phenoxy) is 1. The molecule has 0 saturated heterocycles. The van der Waals surface area contributed by atoms with Gasteiger partial charge in [0.2, 0.25) is 0 Å². The Labute approximate surface area is 167 Å². The highest BCUT2D eigenvalue weighted by Gasteiger charge is 2.44. The van der Waals surface area contributed by atoms with Crippen molar-refractivity contribution in [3.05, 3.63) is 70.3 Å². The molecule has 3 rings (SSSR count). The van der Waals surface area contributed by atoms with Crippen molar-refractivity contribution in [2.24, 2.45) is 5.92 Å². The molecule has 1 aliphatic rings. The molecule has 2 atom stereocenters. The van der Waals surface area contributed by atoms with Gasteiger partial charge < -0.3 is 14.7 Å². The van der Waals surface area contributed by atoms with Gasteiger partial charge in [0.05, 0.1) is 7.11 Å². The number of methoxy groups -OCH3 is 1. The van der Waals surface area contributed by atoms with E-state index >= 15 is 0 Å². The maximum absolute atomic E-state index is 12.0. The monoisotopic (exact) mass is 385 g/mol. The maximum Gasteiger partial charge on any atom is 0.118 e.